The minimum Gasteiger partial charge on any atom is -0.497 e. The van der Waals surface area contributed by atoms with Gasteiger partial charge in [0.2, 0.25) is 18.6 Å². The molecule has 2 fully saturated rings. The van der Waals surface area contributed by atoms with Crippen molar-refractivity contribution >= 4 is 11.8 Å². The summed E-state index contributed by atoms with van der Waals surface area (Å²) in [6.07, 6.45) is 1.24. The van der Waals surface area contributed by atoms with Crippen LogP contribution < -0.4 is 14.2 Å². The van der Waals surface area contributed by atoms with Crippen molar-refractivity contribution in [3.8, 4) is 17.2 Å². The molecule has 31 heavy (non-hydrogen) atoms. The van der Waals surface area contributed by atoms with E-state index in [9.17, 15) is 9.59 Å². The maximum Gasteiger partial charge on any atom is 0.231 e. The number of methoxy groups -OCH3 is 1. The summed E-state index contributed by atoms with van der Waals surface area (Å²) in [4.78, 5) is 29.4. The van der Waals surface area contributed by atoms with E-state index < -0.39 is 0 Å². The highest BCUT2D eigenvalue weighted by atomic mass is 16.7. The third-order valence-electron chi connectivity index (χ3n) is 6.39. The molecule has 3 aliphatic rings. The summed E-state index contributed by atoms with van der Waals surface area (Å²) in [7, 11) is 1.62. The molecule has 7 heteroatoms. The number of ether oxygens (including phenoxy) is 3. The van der Waals surface area contributed by atoms with Crippen LogP contribution in [0.25, 0.3) is 0 Å². The van der Waals surface area contributed by atoms with Crippen LogP contribution in [0, 0.1) is 5.92 Å². The molecule has 2 atom stereocenters. The number of nitrogens with zero attached hydrogens (tertiary/aromatic N) is 2. The summed E-state index contributed by atoms with van der Waals surface area (Å²) < 4.78 is 16.0. The molecule has 0 bridgehead atoms. The standard InChI is InChI=1S/C24H26N2O5/c1-29-18-5-2-16(3-6-18)12-23(27)25-8-10-26(11-9-25)24(28)20-14-19(20)17-4-7-21-22(13-17)31-15-30-21/h2-7,13,19-20H,8-12,14-15H2,1H3. The van der Waals surface area contributed by atoms with Crippen molar-refractivity contribution in [1.29, 1.82) is 0 Å². The van der Waals surface area contributed by atoms with E-state index in [0.29, 0.717) is 32.6 Å². The lowest BCUT2D eigenvalue weighted by Crippen LogP contribution is -2.51. The van der Waals surface area contributed by atoms with E-state index in [1.165, 1.54) is 0 Å². The molecule has 1 saturated carbocycles. The number of hydrogen-bond acceptors (Lipinski definition) is 5. The summed E-state index contributed by atoms with van der Waals surface area (Å²) in [5.41, 5.74) is 2.10. The molecule has 1 aliphatic carbocycles. The Bertz CT molecular complexity index is 982. The number of benzene rings is 2. The number of carbonyl (C=O) groups excluding carboxylic acids is 2. The molecule has 7 nitrogen and oxygen atoms in total. The molecule has 2 amide bonds. The minimum atomic E-state index is 0.0296. The molecule has 2 heterocycles. The molecule has 2 aromatic rings. The van der Waals surface area contributed by atoms with Crippen molar-refractivity contribution in [3.05, 3.63) is 53.6 Å². The fourth-order valence-electron chi connectivity index (χ4n) is 4.42. The summed E-state index contributed by atoms with van der Waals surface area (Å²) in [6.45, 7) is 2.62. The number of hydrogen-bond donors (Lipinski definition) is 0. The first kappa shape index (κ1) is 19.7. The minimum absolute atomic E-state index is 0.0296. The Morgan fingerprint density at radius 1 is 0.968 bits per heavy atom. The van der Waals surface area contributed by atoms with Gasteiger partial charge in [0, 0.05) is 32.1 Å². The zero-order valence-corrected chi connectivity index (χ0v) is 17.6. The Labute approximate surface area is 181 Å². The number of piperazine rings is 1. The first-order valence-corrected chi connectivity index (χ1v) is 10.7. The van der Waals surface area contributed by atoms with Crippen LogP contribution in [0.15, 0.2) is 42.5 Å². The summed E-state index contributed by atoms with van der Waals surface area (Å²) in [5, 5.41) is 0. The summed E-state index contributed by atoms with van der Waals surface area (Å²) in [6, 6.07) is 13.5. The smallest absolute Gasteiger partial charge is 0.231 e. The number of fused-ring (bicyclic) bond motifs is 1. The highest BCUT2D eigenvalue weighted by Gasteiger charge is 2.46. The second-order valence-corrected chi connectivity index (χ2v) is 8.29. The maximum absolute atomic E-state index is 13.0. The number of amides is 2. The van der Waals surface area contributed by atoms with Crippen molar-refractivity contribution in [2.75, 3.05) is 40.1 Å². The van der Waals surface area contributed by atoms with Crippen LogP contribution in [-0.2, 0) is 16.0 Å². The van der Waals surface area contributed by atoms with Crippen LogP contribution in [0.3, 0.4) is 0 Å². The highest BCUT2D eigenvalue weighted by Crippen LogP contribution is 2.50. The Morgan fingerprint density at radius 2 is 1.68 bits per heavy atom. The molecular formula is C24H26N2O5. The highest BCUT2D eigenvalue weighted by molar-refractivity contribution is 5.84. The van der Waals surface area contributed by atoms with Crippen molar-refractivity contribution in [1.82, 2.24) is 9.80 Å². The van der Waals surface area contributed by atoms with E-state index in [1.54, 1.807) is 7.11 Å². The van der Waals surface area contributed by atoms with Crippen LogP contribution in [0.2, 0.25) is 0 Å². The van der Waals surface area contributed by atoms with Gasteiger partial charge in [-0.2, -0.15) is 0 Å². The number of rotatable bonds is 5. The van der Waals surface area contributed by atoms with E-state index in [0.717, 1.165) is 34.8 Å². The third kappa shape index (κ3) is 4.04. The second-order valence-electron chi connectivity index (χ2n) is 8.29. The average Bonchev–Trinajstić information content (AvgIpc) is 3.48. The zero-order chi connectivity index (χ0) is 21.4. The lowest BCUT2D eigenvalue weighted by atomic mass is 10.1. The maximum atomic E-state index is 13.0. The molecule has 1 saturated heterocycles. The predicted octanol–water partition coefficient (Wildman–Crippen LogP) is 2.44. The Balaban J connectivity index is 1.12. The topological polar surface area (TPSA) is 68.3 Å². The predicted molar refractivity (Wildman–Crippen MR) is 113 cm³/mol. The van der Waals surface area contributed by atoms with Crippen LogP contribution in [-0.4, -0.2) is 61.7 Å². The van der Waals surface area contributed by atoms with Gasteiger partial charge in [0.1, 0.15) is 5.75 Å². The molecule has 162 valence electrons. The van der Waals surface area contributed by atoms with Gasteiger partial charge in [-0.15, -0.1) is 0 Å². The van der Waals surface area contributed by atoms with Gasteiger partial charge in [0.05, 0.1) is 13.5 Å². The second kappa shape index (κ2) is 8.13. The molecule has 0 spiro atoms. The normalized spacial score (nSPS) is 21.7. The molecule has 2 unspecified atom stereocenters. The lowest BCUT2D eigenvalue weighted by Gasteiger charge is -2.35. The van der Waals surface area contributed by atoms with Crippen molar-refractivity contribution in [2.45, 2.75) is 18.8 Å². The van der Waals surface area contributed by atoms with Gasteiger partial charge >= 0.3 is 0 Å². The van der Waals surface area contributed by atoms with Gasteiger partial charge in [-0.05, 0) is 47.7 Å². The van der Waals surface area contributed by atoms with Gasteiger partial charge in [-0.25, -0.2) is 0 Å². The van der Waals surface area contributed by atoms with E-state index in [-0.39, 0.29) is 30.4 Å². The van der Waals surface area contributed by atoms with Crippen LogP contribution in [0.1, 0.15) is 23.5 Å². The fourth-order valence-corrected chi connectivity index (χ4v) is 4.42. The van der Waals surface area contributed by atoms with E-state index in [1.807, 2.05) is 52.3 Å². The lowest BCUT2D eigenvalue weighted by molar-refractivity contribution is -0.140. The molecule has 5 rings (SSSR count). The molecule has 0 radical (unpaired) electrons. The van der Waals surface area contributed by atoms with E-state index in [2.05, 4.69) is 0 Å². The molecule has 0 aromatic heterocycles. The zero-order valence-electron chi connectivity index (χ0n) is 17.6. The largest absolute Gasteiger partial charge is 0.497 e. The van der Waals surface area contributed by atoms with Crippen LogP contribution in [0.4, 0.5) is 0 Å². The first-order chi connectivity index (χ1) is 15.1. The first-order valence-electron chi connectivity index (χ1n) is 10.7. The molecular weight excluding hydrogens is 396 g/mol. The Morgan fingerprint density at radius 3 is 2.42 bits per heavy atom. The monoisotopic (exact) mass is 422 g/mol. The fraction of sp³-hybridized carbons (Fsp3) is 0.417. The Kier molecular flexibility index (Phi) is 5.18. The van der Waals surface area contributed by atoms with Gasteiger partial charge in [-0.3, -0.25) is 9.59 Å². The van der Waals surface area contributed by atoms with Gasteiger partial charge < -0.3 is 24.0 Å². The van der Waals surface area contributed by atoms with Crippen molar-refractivity contribution in [3.63, 3.8) is 0 Å². The Hall–Kier alpha value is -3.22. The summed E-state index contributed by atoms with van der Waals surface area (Å²) in [5.74, 6) is 2.88. The van der Waals surface area contributed by atoms with Crippen molar-refractivity contribution in [2.24, 2.45) is 5.92 Å². The quantitative estimate of drug-likeness (QED) is 0.741. The van der Waals surface area contributed by atoms with Crippen LogP contribution in [0.5, 0.6) is 17.2 Å². The summed E-state index contributed by atoms with van der Waals surface area (Å²) >= 11 is 0. The van der Waals surface area contributed by atoms with Gasteiger partial charge in [0.25, 0.3) is 0 Å². The van der Waals surface area contributed by atoms with Crippen LogP contribution >= 0.6 is 0 Å². The molecule has 2 aliphatic heterocycles. The SMILES string of the molecule is COc1ccc(CC(=O)N2CCN(C(=O)C3CC3c3ccc4c(c3)OCO4)CC2)cc1. The van der Waals surface area contributed by atoms with E-state index >= 15 is 0 Å². The molecule has 2 aromatic carbocycles. The van der Waals surface area contributed by atoms with Gasteiger partial charge in [0.15, 0.2) is 11.5 Å². The molecule has 0 N–H and O–H groups in total. The van der Waals surface area contributed by atoms with Gasteiger partial charge in [-0.1, -0.05) is 18.2 Å². The number of carbonyl (C=O) groups is 2. The van der Waals surface area contributed by atoms with Crippen molar-refractivity contribution < 1.29 is 23.8 Å². The van der Waals surface area contributed by atoms with E-state index in [4.69, 9.17) is 14.2 Å². The third-order valence-corrected chi connectivity index (χ3v) is 6.39. The average molecular weight is 422 g/mol.